The molecule has 1 fully saturated rings. The first kappa shape index (κ1) is 19.0. The van der Waals surface area contributed by atoms with E-state index in [2.05, 4.69) is 5.32 Å². The zero-order chi connectivity index (χ0) is 18.9. The molecule has 0 saturated carbocycles. The third-order valence-electron chi connectivity index (χ3n) is 4.29. The maximum atomic E-state index is 13.6. The van der Waals surface area contributed by atoms with Crippen LogP contribution in [0, 0.1) is 5.82 Å². The summed E-state index contributed by atoms with van der Waals surface area (Å²) in [4.78, 5) is 0.0617. The first-order chi connectivity index (χ1) is 12.2. The number of piperazine rings is 1. The quantitative estimate of drug-likeness (QED) is 0.845. The number of nitrogens with one attached hydrogen (secondary N) is 1. The Kier molecular flexibility index (Phi) is 5.16. The zero-order valence-electron chi connectivity index (χ0n) is 14.1. The molecule has 1 aliphatic rings. The molecule has 0 aromatic heterocycles. The van der Waals surface area contributed by atoms with Crippen molar-refractivity contribution in [3.63, 3.8) is 0 Å². The van der Waals surface area contributed by atoms with Crippen LogP contribution >= 0.6 is 0 Å². The Hall–Kier alpha value is -1.81. The maximum absolute atomic E-state index is 13.6. The molecule has 140 valence electrons. The molecule has 0 aliphatic carbocycles. The molecule has 2 aromatic carbocycles. The molecule has 1 N–H and O–H groups in total. The van der Waals surface area contributed by atoms with Crippen molar-refractivity contribution in [3.05, 3.63) is 59.9 Å². The van der Waals surface area contributed by atoms with Gasteiger partial charge in [-0.15, -0.1) is 0 Å². The minimum Gasteiger partial charge on any atom is -0.313 e. The van der Waals surface area contributed by atoms with E-state index in [-0.39, 0.29) is 16.3 Å². The zero-order valence-corrected chi connectivity index (χ0v) is 15.7. The Bertz CT molecular complexity index is 1010. The van der Waals surface area contributed by atoms with E-state index >= 15 is 0 Å². The van der Waals surface area contributed by atoms with Crippen molar-refractivity contribution in [2.75, 3.05) is 25.9 Å². The monoisotopic (exact) mass is 398 g/mol. The number of hydrogen-bond donors (Lipinski definition) is 1. The predicted molar refractivity (Wildman–Crippen MR) is 95.5 cm³/mol. The van der Waals surface area contributed by atoms with E-state index < -0.39 is 31.7 Å². The lowest BCUT2D eigenvalue weighted by molar-refractivity contribution is 0.271. The Labute approximate surface area is 152 Å². The second kappa shape index (κ2) is 7.07. The van der Waals surface area contributed by atoms with Crippen molar-refractivity contribution in [1.29, 1.82) is 0 Å². The summed E-state index contributed by atoms with van der Waals surface area (Å²) in [5.74, 6) is -0.428. The highest BCUT2D eigenvalue weighted by Crippen LogP contribution is 2.29. The van der Waals surface area contributed by atoms with Crippen molar-refractivity contribution in [2.24, 2.45) is 0 Å². The molecular weight excluding hydrogens is 379 g/mol. The van der Waals surface area contributed by atoms with Crippen molar-refractivity contribution in [3.8, 4) is 0 Å². The van der Waals surface area contributed by atoms with Crippen LogP contribution in [0.4, 0.5) is 4.39 Å². The fourth-order valence-electron chi connectivity index (χ4n) is 2.97. The largest absolute Gasteiger partial charge is 0.313 e. The van der Waals surface area contributed by atoms with Gasteiger partial charge in [-0.2, -0.15) is 4.31 Å². The number of benzene rings is 2. The standard InChI is InChI=1S/C17H19FN2O4S2/c1-25(21,22)15-5-7-16(8-6-15)26(23,24)20-10-9-19-12-17(20)13-3-2-4-14(18)11-13/h2-8,11,17,19H,9-10,12H2,1H3. The molecule has 1 aliphatic heterocycles. The highest BCUT2D eigenvalue weighted by Gasteiger charge is 2.34. The van der Waals surface area contributed by atoms with Crippen LogP contribution in [0.3, 0.4) is 0 Å². The maximum Gasteiger partial charge on any atom is 0.243 e. The summed E-state index contributed by atoms with van der Waals surface area (Å²) in [5.41, 5.74) is 0.563. The molecule has 9 heteroatoms. The van der Waals surface area contributed by atoms with Gasteiger partial charge >= 0.3 is 0 Å². The third kappa shape index (κ3) is 3.80. The fourth-order valence-corrected chi connectivity index (χ4v) is 5.21. The minimum atomic E-state index is -3.86. The molecule has 2 aromatic rings. The number of sulfone groups is 1. The summed E-state index contributed by atoms with van der Waals surface area (Å²) in [6.45, 7) is 1.08. The Morgan fingerprint density at radius 1 is 1.04 bits per heavy atom. The minimum absolute atomic E-state index is 0.00760. The van der Waals surface area contributed by atoms with Gasteiger partial charge < -0.3 is 5.32 Å². The van der Waals surface area contributed by atoms with Crippen LogP contribution in [0.25, 0.3) is 0 Å². The van der Waals surface area contributed by atoms with Crippen molar-refractivity contribution < 1.29 is 21.2 Å². The van der Waals surface area contributed by atoms with Crippen molar-refractivity contribution >= 4 is 19.9 Å². The molecule has 0 bridgehead atoms. The van der Waals surface area contributed by atoms with Gasteiger partial charge in [-0.05, 0) is 42.0 Å². The third-order valence-corrected chi connectivity index (χ3v) is 7.34. The van der Waals surface area contributed by atoms with E-state index in [0.29, 0.717) is 18.7 Å². The van der Waals surface area contributed by atoms with Crippen LogP contribution in [0.2, 0.25) is 0 Å². The van der Waals surface area contributed by atoms with Crippen LogP contribution < -0.4 is 5.32 Å². The van der Waals surface area contributed by atoms with Crippen LogP contribution in [0.1, 0.15) is 11.6 Å². The number of halogens is 1. The van der Waals surface area contributed by atoms with Gasteiger partial charge in [0.1, 0.15) is 5.82 Å². The summed E-state index contributed by atoms with van der Waals surface area (Å²) in [7, 11) is -7.27. The summed E-state index contributed by atoms with van der Waals surface area (Å²) >= 11 is 0. The smallest absolute Gasteiger partial charge is 0.243 e. The second-order valence-electron chi connectivity index (χ2n) is 6.13. The molecule has 0 amide bonds. The molecule has 1 unspecified atom stereocenters. The second-order valence-corrected chi connectivity index (χ2v) is 10.0. The van der Waals surface area contributed by atoms with Gasteiger partial charge in [0.15, 0.2) is 9.84 Å². The lowest BCUT2D eigenvalue weighted by Gasteiger charge is -2.35. The average molecular weight is 398 g/mol. The van der Waals surface area contributed by atoms with Crippen LogP contribution in [-0.2, 0) is 19.9 Å². The Morgan fingerprint density at radius 2 is 1.69 bits per heavy atom. The Morgan fingerprint density at radius 3 is 2.31 bits per heavy atom. The summed E-state index contributed by atoms with van der Waals surface area (Å²) in [6, 6.07) is 10.5. The van der Waals surface area contributed by atoms with Gasteiger partial charge in [-0.25, -0.2) is 21.2 Å². The summed E-state index contributed by atoms with van der Waals surface area (Å²) in [6.07, 6.45) is 1.06. The Balaban J connectivity index is 1.98. The lowest BCUT2D eigenvalue weighted by atomic mass is 10.1. The first-order valence-electron chi connectivity index (χ1n) is 7.98. The lowest BCUT2D eigenvalue weighted by Crippen LogP contribution is -2.48. The van der Waals surface area contributed by atoms with E-state index in [0.717, 1.165) is 6.26 Å². The first-order valence-corrected chi connectivity index (χ1v) is 11.3. The van der Waals surface area contributed by atoms with E-state index in [9.17, 15) is 21.2 Å². The molecule has 0 spiro atoms. The molecule has 1 saturated heterocycles. The molecule has 1 heterocycles. The molecule has 6 nitrogen and oxygen atoms in total. The van der Waals surface area contributed by atoms with Crippen LogP contribution in [0.5, 0.6) is 0 Å². The highest BCUT2D eigenvalue weighted by atomic mass is 32.2. The predicted octanol–water partition coefficient (Wildman–Crippen LogP) is 1.56. The summed E-state index contributed by atoms with van der Waals surface area (Å²) < 4.78 is 64.2. The van der Waals surface area contributed by atoms with Gasteiger partial charge in [0.05, 0.1) is 15.8 Å². The number of rotatable bonds is 4. The normalized spacial score (nSPS) is 19.4. The van der Waals surface area contributed by atoms with Gasteiger partial charge in [0.2, 0.25) is 10.0 Å². The van der Waals surface area contributed by atoms with Gasteiger partial charge in [0.25, 0.3) is 0 Å². The molecule has 26 heavy (non-hydrogen) atoms. The molecular formula is C17H19FN2O4S2. The number of nitrogens with zero attached hydrogens (tertiary/aromatic N) is 1. The van der Waals surface area contributed by atoms with Crippen LogP contribution in [-0.4, -0.2) is 47.0 Å². The van der Waals surface area contributed by atoms with Gasteiger partial charge in [-0.1, -0.05) is 12.1 Å². The van der Waals surface area contributed by atoms with E-state index in [1.54, 1.807) is 12.1 Å². The number of hydrogen-bond acceptors (Lipinski definition) is 5. The molecule has 0 radical (unpaired) electrons. The SMILES string of the molecule is CS(=O)(=O)c1ccc(S(=O)(=O)N2CCNCC2c2cccc(F)c2)cc1. The summed E-state index contributed by atoms with van der Waals surface area (Å²) in [5, 5.41) is 3.13. The average Bonchev–Trinajstić information content (AvgIpc) is 2.61. The van der Waals surface area contributed by atoms with Gasteiger partial charge in [-0.3, -0.25) is 0 Å². The van der Waals surface area contributed by atoms with Crippen molar-refractivity contribution in [1.82, 2.24) is 9.62 Å². The topological polar surface area (TPSA) is 83.5 Å². The van der Waals surface area contributed by atoms with Gasteiger partial charge in [0, 0.05) is 25.9 Å². The van der Waals surface area contributed by atoms with Crippen molar-refractivity contribution in [2.45, 2.75) is 15.8 Å². The molecule has 3 rings (SSSR count). The van der Waals surface area contributed by atoms with Crippen LogP contribution in [0.15, 0.2) is 58.3 Å². The number of sulfonamides is 1. The van der Waals surface area contributed by atoms with E-state index in [4.69, 9.17) is 0 Å². The van der Waals surface area contributed by atoms with E-state index in [1.165, 1.54) is 40.7 Å². The fraction of sp³-hybridized carbons (Fsp3) is 0.294. The molecule has 1 atom stereocenters. The van der Waals surface area contributed by atoms with E-state index in [1.807, 2.05) is 0 Å². The highest BCUT2D eigenvalue weighted by molar-refractivity contribution is 7.90.